The summed E-state index contributed by atoms with van der Waals surface area (Å²) < 4.78 is 0. The minimum absolute atomic E-state index is 0.421. The van der Waals surface area contributed by atoms with Crippen LogP contribution in [0.4, 0.5) is 16.6 Å². The van der Waals surface area contributed by atoms with Gasteiger partial charge in [-0.05, 0) is 36.8 Å². The summed E-state index contributed by atoms with van der Waals surface area (Å²) in [6.07, 6.45) is 3.54. The Hall–Kier alpha value is -2.93. The Morgan fingerprint density at radius 2 is 2.08 bits per heavy atom. The van der Waals surface area contributed by atoms with Crippen LogP contribution in [0.1, 0.15) is 20.8 Å². The van der Waals surface area contributed by atoms with Crippen molar-refractivity contribution >= 4 is 33.9 Å². The van der Waals surface area contributed by atoms with Gasteiger partial charge in [0.15, 0.2) is 5.13 Å². The van der Waals surface area contributed by atoms with E-state index in [0.717, 1.165) is 27.1 Å². The van der Waals surface area contributed by atoms with E-state index in [2.05, 4.69) is 20.6 Å². The number of amides is 1. The van der Waals surface area contributed by atoms with Gasteiger partial charge in [-0.25, -0.2) is 9.97 Å². The first-order chi connectivity index (χ1) is 11.6. The highest BCUT2D eigenvalue weighted by atomic mass is 32.1. The van der Waals surface area contributed by atoms with Crippen LogP contribution < -0.4 is 16.4 Å². The molecule has 2 heterocycles. The number of rotatable bonds is 6. The zero-order valence-electron chi connectivity index (χ0n) is 13.1. The summed E-state index contributed by atoms with van der Waals surface area (Å²) in [5.74, 6) is 0.340. The first-order valence-electron chi connectivity index (χ1n) is 7.39. The molecule has 7 heteroatoms. The van der Waals surface area contributed by atoms with Crippen molar-refractivity contribution in [2.45, 2.75) is 13.5 Å². The summed E-state index contributed by atoms with van der Waals surface area (Å²) in [5.41, 5.74) is 7.64. The Balaban J connectivity index is 1.66. The molecule has 0 radical (unpaired) electrons. The van der Waals surface area contributed by atoms with Gasteiger partial charge in [0.1, 0.15) is 5.82 Å². The highest BCUT2D eigenvalue weighted by Gasteiger charge is 2.09. The Labute approximate surface area is 143 Å². The van der Waals surface area contributed by atoms with E-state index in [1.165, 1.54) is 0 Å². The molecule has 0 aliphatic heterocycles. The van der Waals surface area contributed by atoms with E-state index in [0.29, 0.717) is 12.1 Å². The summed E-state index contributed by atoms with van der Waals surface area (Å²) in [7, 11) is 0. The van der Waals surface area contributed by atoms with Crippen molar-refractivity contribution in [1.82, 2.24) is 9.97 Å². The molecule has 0 saturated heterocycles. The van der Waals surface area contributed by atoms with Crippen molar-refractivity contribution in [1.29, 1.82) is 0 Å². The number of primary amides is 1. The molecule has 6 nitrogen and oxygen atoms in total. The average molecular weight is 339 g/mol. The van der Waals surface area contributed by atoms with E-state index in [-0.39, 0.29) is 0 Å². The summed E-state index contributed by atoms with van der Waals surface area (Å²) in [5, 5.41) is 7.27. The van der Waals surface area contributed by atoms with Gasteiger partial charge in [0, 0.05) is 28.5 Å². The Morgan fingerprint density at radius 1 is 1.21 bits per heavy atom. The van der Waals surface area contributed by atoms with Gasteiger partial charge >= 0.3 is 0 Å². The predicted octanol–water partition coefficient (Wildman–Crippen LogP) is 3.30. The predicted molar refractivity (Wildman–Crippen MR) is 96.7 cm³/mol. The molecule has 3 rings (SSSR count). The number of hydrogen-bond acceptors (Lipinski definition) is 6. The van der Waals surface area contributed by atoms with Crippen LogP contribution in [0, 0.1) is 6.92 Å². The number of pyridine rings is 1. The number of hydrogen-bond donors (Lipinski definition) is 3. The maximum Gasteiger partial charge on any atom is 0.249 e. The van der Waals surface area contributed by atoms with Crippen LogP contribution in [0.15, 0.2) is 48.8 Å². The lowest BCUT2D eigenvalue weighted by molar-refractivity contribution is 0.1000. The minimum atomic E-state index is -0.421. The van der Waals surface area contributed by atoms with Crippen LogP contribution in [0.5, 0.6) is 0 Å². The van der Waals surface area contributed by atoms with Gasteiger partial charge in [0.2, 0.25) is 5.91 Å². The molecule has 24 heavy (non-hydrogen) atoms. The zero-order chi connectivity index (χ0) is 16.9. The molecule has 0 spiro atoms. The standard InChI is InChI=1S/C17H17N5OS/c1-11-13(16(18)23)5-4-6-14(11)20-9-12-10-21-17(24-12)22-15-7-2-3-8-19-15/h2-8,10,20H,9H2,1H3,(H2,18,23)(H,19,21,22). The molecule has 122 valence electrons. The molecule has 0 atom stereocenters. The van der Waals surface area contributed by atoms with Crippen molar-refractivity contribution in [2.75, 3.05) is 10.6 Å². The van der Waals surface area contributed by atoms with Crippen LogP contribution in [-0.4, -0.2) is 15.9 Å². The van der Waals surface area contributed by atoms with Gasteiger partial charge in [-0.3, -0.25) is 4.79 Å². The molecule has 1 aromatic carbocycles. The average Bonchev–Trinajstić information content (AvgIpc) is 3.02. The van der Waals surface area contributed by atoms with Gasteiger partial charge in [0.05, 0.1) is 6.54 Å². The van der Waals surface area contributed by atoms with E-state index in [1.807, 2.05) is 43.5 Å². The number of nitrogens with zero attached hydrogens (tertiary/aromatic N) is 2. The fraction of sp³-hybridized carbons (Fsp3) is 0.118. The number of nitrogens with two attached hydrogens (primary N) is 1. The number of benzene rings is 1. The van der Waals surface area contributed by atoms with E-state index in [9.17, 15) is 4.79 Å². The SMILES string of the molecule is Cc1c(NCc2cnc(Nc3ccccn3)s2)cccc1C(N)=O. The topological polar surface area (TPSA) is 92.9 Å². The largest absolute Gasteiger partial charge is 0.380 e. The van der Waals surface area contributed by atoms with Gasteiger partial charge in [-0.1, -0.05) is 23.5 Å². The number of anilines is 3. The first kappa shape index (κ1) is 15.9. The zero-order valence-corrected chi connectivity index (χ0v) is 13.9. The highest BCUT2D eigenvalue weighted by Crippen LogP contribution is 2.24. The third-order valence-corrected chi connectivity index (χ3v) is 4.42. The number of carbonyl (C=O) groups is 1. The number of carbonyl (C=O) groups excluding carboxylic acids is 1. The van der Waals surface area contributed by atoms with Crippen LogP contribution >= 0.6 is 11.3 Å². The minimum Gasteiger partial charge on any atom is -0.380 e. The van der Waals surface area contributed by atoms with Crippen LogP contribution in [0.25, 0.3) is 0 Å². The lowest BCUT2D eigenvalue weighted by Crippen LogP contribution is -2.13. The third kappa shape index (κ3) is 3.69. The second kappa shape index (κ2) is 7.10. The fourth-order valence-electron chi connectivity index (χ4n) is 2.27. The summed E-state index contributed by atoms with van der Waals surface area (Å²) in [4.78, 5) is 21.0. The number of thiazole rings is 1. The van der Waals surface area contributed by atoms with Crippen molar-refractivity contribution in [2.24, 2.45) is 5.73 Å². The number of nitrogens with one attached hydrogen (secondary N) is 2. The molecular weight excluding hydrogens is 322 g/mol. The molecule has 4 N–H and O–H groups in total. The monoisotopic (exact) mass is 339 g/mol. The Morgan fingerprint density at radius 3 is 2.83 bits per heavy atom. The van der Waals surface area contributed by atoms with Crippen molar-refractivity contribution in [3.63, 3.8) is 0 Å². The first-order valence-corrected chi connectivity index (χ1v) is 8.21. The van der Waals surface area contributed by atoms with E-state index in [1.54, 1.807) is 23.6 Å². The molecule has 0 bridgehead atoms. The van der Waals surface area contributed by atoms with E-state index in [4.69, 9.17) is 5.73 Å². The van der Waals surface area contributed by atoms with E-state index < -0.39 is 5.91 Å². The highest BCUT2D eigenvalue weighted by molar-refractivity contribution is 7.15. The van der Waals surface area contributed by atoms with Crippen molar-refractivity contribution in [3.05, 3.63) is 64.8 Å². The van der Waals surface area contributed by atoms with Crippen LogP contribution in [-0.2, 0) is 6.54 Å². The van der Waals surface area contributed by atoms with Gasteiger partial charge in [-0.15, -0.1) is 0 Å². The molecule has 0 aliphatic rings. The van der Waals surface area contributed by atoms with Gasteiger partial charge in [0.25, 0.3) is 0 Å². The van der Waals surface area contributed by atoms with Crippen molar-refractivity contribution in [3.8, 4) is 0 Å². The molecule has 0 fully saturated rings. The summed E-state index contributed by atoms with van der Waals surface area (Å²) in [6.45, 7) is 2.49. The normalized spacial score (nSPS) is 10.4. The van der Waals surface area contributed by atoms with Gasteiger partial charge < -0.3 is 16.4 Å². The maximum atomic E-state index is 11.4. The molecular formula is C17H17N5OS. The third-order valence-electron chi connectivity index (χ3n) is 3.51. The van der Waals surface area contributed by atoms with Crippen LogP contribution in [0.3, 0.4) is 0 Å². The number of aromatic nitrogens is 2. The fourth-order valence-corrected chi connectivity index (χ4v) is 3.03. The summed E-state index contributed by atoms with van der Waals surface area (Å²) >= 11 is 1.55. The second-order valence-corrected chi connectivity index (χ2v) is 6.28. The maximum absolute atomic E-state index is 11.4. The molecule has 0 aliphatic carbocycles. The molecule has 2 aromatic heterocycles. The molecule has 3 aromatic rings. The van der Waals surface area contributed by atoms with Gasteiger partial charge in [-0.2, -0.15) is 0 Å². The second-order valence-electron chi connectivity index (χ2n) is 5.17. The Bertz CT molecular complexity index is 847. The molecule has 0 saturated carbocycles. The lowest BCUT2D eigenvalue weighted by atomic mass is 10.1. The van der Waals surface area contributed by atoms with Crippen molar-refractivity contribution < 1.29 is 4.79 Å². The Kier molecular flexibility index (Phi) is 4.72. The molecule has 1 amide bonds. The summed E-state index contributed by atoms with van der Waals surface area (Å²) in [6, 6.07) is 11.1. The van der Waals surface area contributed by atoms with E-state index >= 15 is 0 Å². The lowest BCUT2D eigenvalue weighted by Gasteiger charge is -2.10. The van der Waals surface area contributed by atoms with Crippen LogP contribution in [0.2, 0.25) is 0 Å². The smallest absolute Gasteiger partial charge is 0.249 e. The molecule has 0 unspecified atom stereocenters. The quantitative estimate of drug-likeness (QED) is 0.641.